The van der Waals surface area contributed by atoms with E-state index in [1.54, 1.807) is 0 Å². The van der Waals surface area contributed by atoms with Crippen LogP contribution in [0.4, 0.5) is 5.82 Å². The second-order valence-electron chi connectivity index (χ2n) is 5.56. The van der Waals surface area contributed by atoms with Gasteiger partial charge in [-0.3, -0.25) is 4.57 Å². The van der Waals surface area contributed by atoms with Crippen molar-refractivity contribution in [2.45, 2.75) is 36.9 Å². The number of aromatic nitrogens is 4. The Bertz CT molecular complexity index is 694. The van der Waals surface area contributed by atoms with Crippen LogP contribution < -0.4 is 11.5 Å². The minimum absolute atomic E-state index is 0.203. The first-order valence-electron chi connectivity index (χ1n) is 7.34. The van der Waals surface area contributed by atoms with Crippen molar-refractivity contribution < 1.29 is 20.1 Å². The third-order valence-electron chi connectivity index (χ3n) is 4.21. The quantitative estimate of drug-likeness (QED) is 0.414. The highest BCUT2D eigenvalue weighted by molar-refractivity contribution is 5.81. The molecule has 1 fully saturated rings. The summed E-state index contributed by atoms with van der Waals surface area (Å²) in [5, 5.41) is 30.1. The zero-order valence-electron chi connectivity index (χ0n) is 12.4. The van der Waals surface area contributed by atoms with Crippen molar-refractivity contribution in [1.82, 2.24) is 19.5 Å². The van der Waals surface area contributed by atoms with E-state index in [-0.39, 0.29) is 5.82 Å². The summed E-state index contributed by atoms with van der Waals surface area (Å²) in [5.41, 5.74) is 10.8. The van der Waals surface area contributed by atoms with Crippen molar-refractivity contribution >= 4 is 17.0 Å². The predicted molar refractivity (Wildman–Crippen MR) is 80.0 cm³/mol. The molecule has 0 unspecified atom stereocenters. The maximum absolute atomic E-state index is 10.6. The van der Waals surface area contributed by atoms with E-state index in [1.807, 2.05) is 0 Å². The van der Waals surface area contributed by atoms with Crippen molar-refractivity contribution in [1.29, 1.82) is 0 Å². The molecule has 2 aromatic rings. The third-order valence-corrected chi connectivity index (χ3v) is 4.21. The van der Waals surface area contributed by atoms with Crippen LogP contribution in [-0.4, -0.2) is 66.3 Å². The van der Waals surface area contributed by atoms with Gasteiger partial charge in [-0.2, -0.15) is 0 Å². The smallest absolute Gasteiger partial charge is 0.176 e. The van der Waals surface area contributed by atoms with Crippen LogP contribution >= 0.6 is 0 Å². The Labute approximate surface area is 131 Å². The number of nitrogens with zero attached hydrogens (tertiary/aromatic N) is 4. The van der Waals surface area contributed by atoms with E-state index in [9.17, 15) is 15.3 Å². The number of hydrogen-bond acceptors (Lipinski definition) is 9. The number of aliphatic hydroxyl groups excluding tert-OH is 3. The average molecular weight is 324 g/mol. The van der Waals surface area contributed by atoms with Crippen molar-refractivity contribution in [3.05, 3.63) is 12.7 Å². The second kappa shape index (κ2) is 5.98. The average Bonchev–Trinajstić information content (AvgIpc) is 3.09. The number of fused-ring (bicyclic) bond motifs is 1. The van der Waals surface area contributed by atoms with E-state index in [1.165, 1.54) is 17.2 Å². The zero-order valence-corrected chi connectivity index (χ0v) is 12.4. The largest absolute Gasteiger partial charge is 0.394 e. The molecule has 4 atom stereocenters. The normalized spacial score (nSPS) is 31.0. The van der Waals surface area contributed by atoms with Gasteiger partial charge in [-0.05, 0) is 19.4 Å². The fourth-order valence-electron chi connectivity index (χ4n) is 3.03. The molecule has 1 saturated heterocycles. The molecule has 0 amide bonds. The SMILES string of the molecule is NCCC[C@@]1(n2cnc3c(N)ncnc32)O[C@H](CO)[C@@H](O)[C@H]1O. The lowest BCUT2D eigenvalue weighted by Crippen LogP contribution is -2.45. The van der Waals surface area contributed by atoms with Gasteiger partial charge in [0, 0.05) is 0 Å². The first-order valence-corrected chi connectivity index (χ1v) is 7.34. The van der Waals surface area contributed by atoms with Crippen molar-refractivity contribution in [3.8, 4) is 0 Å². The van der Waals surface area contributed by atoms with E-state index < -0.39 is 30.6 Å². The molecule has 10 nitrogen and oxygen atoms in total. The van der Waals surface area contributed by atoms with E-state index in [4.69, 9.17) is 16.2 Å². The van der Waals surface area contributed by atoms with Gasteiger partial charge in [0.25, 0.3) is 0 Å². The molecule has 0 saturated carbocycles. The summed E-state index contributed by atoms with van der Waals surface area (Å²) >= 11 is 0. The van der Waals surface area contributed by atoms with Crippen molar-refractivity contribution in [2.75, 3.05) is 18.9 Å². The Morgan fingerprint density at radius 3 is 2.74 bits per heavy atom. The summed E-state index contributed by atoms with van der Waals surface area (Å²) in [6.45, 7) is -0.0478. The number of imidazole rings is 1. The minimum Gasteiger partial charge on any atom is -0.394 e. The predicted octanol–water partition coefficient (Wildman–Crippen LogP) is -2.09. The molecular weight excluding hydrogens is 304 g/mol. The third kappa shape index (κ3) is 2.35. The van der Waals surface area contributed by atoms with Crippen LogP contribution in [-0.2, 0) is 10.5 Å². The molecule has 3 heterocycles. The Kier molecular flexibility index (Phi) is 4.17. The number of anilines is 1. The van der Waals surface area contributed by atoms with Gasteiger partial charge in [-0.1, -0.05) is 0 Å². The fraction of sp³-hybridized carbons (Fsp3) is 0.615. The van der Waals surface area contributed by atoms with Crippen LogP contribution in [0.5, 0.6) is 0 Å². The summed E-state index contributed by atoms with van der Waals surface area (Å²) in [6, 6.07) is 0. The summed E-state index contributed by atoms with van der Waals surface area (Å²) in [7, 11) is 0. The monoisotopic (exact) mass is 324 g/mol. The molecule has 0 radical (unpaired) electrons. The van der Waals surface area contributed by atoms with Gasteiger partial charge in [-0.25, -0.2) is 15.0 Å². The molecule has 0 bridgehead atoms. The molecule has 23 heavy (non-hydrogen) atoms. The Balaban J connectivity index is 2.14. The lowest BCUT2D eigenvalue weighted by Gasteiger charge is -2.33. The van der Waals surface area contributed by atoms with Crippen LogP contribution in [0, 0.1) is 0 Å². The fourth-order valence-corrected chi connectivity index (χ4v) is 3.03. The Morgan fingerprint density at radius 2 is 2.09 bits per heavy atom. The maximum Gasteiger partial charge on any atom is 0.176 e. The first kappa shape index (κ1) is 16.0. The topological polar surface area (TPSA) is 166 Å². The number of nitrogen functional groups attached to an aromatic ring is 1. The first-order chi connectivity index (χ1) is 11.0. The van der Waals surface area contributed by atoms with E-state index >= 15 is 0 Å². The molecule has 2 aromatic heterocycles. The van der Waals surface area contributed by atoms with Gasteiger partial charge >= 0.3 is 0 Å². The van der Waals surface area contributed by atoms with Crippen LogP contribution in [0.25, 0.3) is 11.2 Å². The summed E-state index contributed by atoms with van der Waals surface area (Å²) < 4.78 is 7.36. The number of rotatable bonds is 5. The van der Waals surface area contributed by atoms with Gasteiger partial charge in [0.2, 0.25) is 0 Å². The number of aliphatic hydroxyl groups is 3. The molecule has 126 valence electrons. The molecule has 1 aliphatic heterocycles. The number of nitrogens with two attached hydrogens (primary N) is 2. The number of hydrogen-bond donors (Lipinski definition) is 5. The van der Waals surface area contributed by atoms with Crippen molar-refractivity contribution in [3.63, 3.8) is 0 Å². The van der Waals surface area contributed by atoms with Gasteiger partial charge < -0.3 is 31.5 Å². The Morgan fingerprint density at radius 1 is 1.30 bits per heavy atom. The highest BCUT2D eigenvalue weighted by atomic mass is 16.6. The van der Waals surface area contributed by atoms with Gasteiger partial charge in [-0.15, -0.1) is 0 Å². The lowest BCUT2D eigenvalue weighted by molar-refractivity contribution is -0.151. The lowest BCUT2D eigenvalue weighted by atomic mass is 9.97. The minimum atomic E-state index is -1.33. The summed E-state index contributed by atoms with van der Waals surface area (Å²) in [4.78, 5) is 12.2. The van der Waals surface area contributed by atoms with Crippen LogP contribution in [0.3, 0.4) is 0 Å². The zero-order chi connectivity index (χ0) is 16.6. The summed E-state index contributed by atoms with van der Waals surface area (Å²) in [5.74, 6) is 0.203. The van der Waals surface area contributed by atoms with Crippen LogP contribution in [0.1, 0.15) is 12.8 Å². The number of ether oxygens (including phenoxy) is 1. The van der Waals surface area contributed by atoms with E-state index in [0.29, 0.717) is 30.6 Å². The highest BCUT2D eigenvalue weighted by Gasteiger charge is 2.55. The molecule has 10 heteroatoms. The van der Waals surface area contributed by atoms with Crippen molar-refractivity contribution in [2.24, 2.45) is 5.73 Å². The molecule has 0 spiro atoms. The highest BCUT2D eigenvalue weighted by Crippen LogP contribution is 2.40. The molecule has 1 aliphatic rings. The van der Waals surface area contributed by atoms with Gasteiger partial charge in [0.1, 0.15) is 30.2 Å². The van der Waals surface area contributed by atoms with Crippen LogP contribution in [0.15, 0.2) is 12.7 Å². The second-order valence-corrected chi connectivity index (χ2v) is 5.56. The molecular formula is C13H20N6O4. The maximum atomic E-state index is 10.6. The Hall–Kier alpha value is -1.85. The van der Waals surface area contributed by atoms with E-state index in [2.05, 4.69) is 15.0 Å². The molecule has 0 aliphatic carbocycles. The van der Waals surface area contributed by atoms with Crippen LogP contribution in [0.2, 0.25) is 0 Å². The van der Waals surface area contributed by atoms with E-state index in [0.717, 1.165) is 0 Å². The molecule has 7 N–H and O–H groups in total. The summed E-state index contributed by atoms with van der Waals surface area (Å²) in [6.07, 6.45) is 0.124. The molecule has 3 rings (SSSR count). The van der Waals surface area contributed by atoms with Gasteiger partial charge in [0.15, 0.2) is 17.2 Å². The van der Waals surface area contributed by atoms with Gasteiger partial charge in [0.05, 0.1) is 12.9 Å². The standard InChI is InChI=1S/C13H20N6O4/c14-3-1-2-13(10(22)9(21)7(4-20)23-13)19-6-18-8-11(15)16-5-17-12(8)19/h5-7,9-10,20-22H,1-4,14H2,(H2,15,16,17)/t7-,9-,10-,13-/m1/s1. The molecule has 0 aromatic carbocycles.